The smallest absolute Gasteiger partial charge is 0.303 e. The van der Waals surface area contributed by atoms with E-state index in [-0.39, 0.29) is 23.6 Å². The van der Waals surface area contributed by atoms with Gasteiger partial charge in [-0.1, -0.05) is 23.3 Å². The van der Waals surface area contributed by atoms with Gasteiger partial charge in [-0.3, -0.25) is 4.79 Å². The Morgan fingerprint density at radius 1 is 1.32 bits per heavy atom. The average molecular weight is 458 g/mol. The maximum absolute atomic E-state index is 10.6. The Bertz CT molecular complexity index is 1220. The van der Waals surface area contributed by atoms with Gasteiger partial charge in [0.2, 0.25) is 5.70 Å². The van der Waals surface area contributed by atoms with Crippen molar-refractivity contribution in [2.24, 2.45) is 5.11 Å². The molecule has 0 aromatic heterocycles. The van der Waals surface area contributed by atoms with Gasteiger partial charge in [-0.2, -0.15) is 0 Å². The Balaban J connectivity index is 2.30. The number of allylic oxidation sites excluding steroid dienone is 1. The Morgan fingerprint density at radius 3 is 2.71 bits per heavy atom. The van der Waals surface area contributed by atoms with Gasteiger partial charge >= 0.3 is 5.97 Å². The lowest BCUT2D eigenvalue weighted by Gasteiger charge is -2.22. The Labute approximate surface area is 197 Å². The molecule has 1 aliphatic heterocycles. The van der Waals surface area contributed by atoms with E-state index < -0.39 is 11.6 Å². The topological polar surface area (TPSA) is 137 Å². The van der Waals surface area contributed by atoms with Gasteiger partial charge < -0.3 is 14.6 Å². The minimum atomic E-state index is -0.918. The summed E-state index contributed by atoms with van der Waals surface area (Å²) >= 11 is 0. The van der Waals surface area contributed by atoms with Gasteiger partial charge in [-0.25, -0.2) is 15.0 Å². The summed E-state index contributed by atoms with van der Waals surface area (Å²) in [5.41, 5.74) is 9.27. The summed E-state index contributed by atoms with van der Waals surface area (Å²) < 4.78 is 11.5. The number of carbonyl (C=O) groups is 1. The molecule has 0 amide bonds. The first-order chi connectivity index (χ1) is 16.3. The molecule has 0 aliphatic carbocycles. The SMILES string of the molecule is [C-]#[N+]C1=C(/C=C/c2ccc(N=[N+]=[N-])c(OCCCCCC(=O)O)c2)C(C)(C)O/C1=C(\C#N)[N+]#[C-]. The molecule has 0 radical (unpaired) electrons. The van der Waals surface area contributed by atoms with Crippen LogP contribution in [0.15, 0.2) is 52.1 Å². The van der Waals surface area contributed by atoms with Crippen LogP contribution in [0.5, 0.6) is 5.75 Å². The fourth-order valence-electron chi connectivity index (χ4n) is 3.24. The van der Waals surface area contributed by atoms with Crippen LogP contribution in [0.1, 0.15) is 45.1 Å². The average Bonchev–Trinajstić information content (AvgIpc) is 3.06. The van der Waals surface area contributed by atoms with Crippen molar-refractivity contribution in [3.8, 4) is 11.8 Å². The van der Waals surface area contributed by atoms with Crippen molar-refractivity contribution in [2.75, 3.05) is 6.61 Å². The van der Waals surface area contributed by atoms with Crippen molar-refractivity contribution < 1.29 is 19.4 Å². The van der Waals surface area contributed by atoms with E-state index in [0.717, 1.165) is 0 Å². The number of azide groups is 1. The van der Waals surface area contributed by atoms with Crippen LogP contribution in [0.25, 0.3) is 26.2 Å². The molecular formula is C24H22N6O4. The van der Waals surface area contributed by atoms with Crippen LogP contribution in [0.4, 0.5) is 5.69 Å². The molecule has 0 atom stereocenters. The number of ether oxygens (including phenoxy) is 2. The molecule has 0 spiro atoms. The molecule has 1 aliphatic rings. The molecule has 0 bridgehead atoms. The van der Waals surface area contributed by atoms with E-state index in [2.05, 4.69) is 19.7 Å². The fraction of sp³-hybridized carbons (Fsp3) is 0.333. The van der Waals surface area contributed by atoms with Crippen molar-refractivity contribution in [1.29, 1.82) is 5.26 Å². The molecule has 1 N–H and O–H groups in total. The van der Waals surface area contributed by atoms with Crippen LogP contribution in [-0.2, 0) is 9.53 Å². The summed E-state index contributed by atoms with van der Waals surface area (Å²) in [7, 11) is 0. The third-order valence-corrected chi connectivity index (χ3v) is 4.89. The normalized spacial score (nSPS) is 15.5. The van der Waals surface area contributed by atoms with Gasteiger partial charge in [0.25, 0.3) is 5.70 Å². The minimum absolute atomic E-state index is 0.0252. The zero-order valence-electron chi connectivity index (χ0n) is 18.8. The third-order valence-electron chi connectivity index (χ3n) is 4.89. The number of unbranched alkanes of at least 4 members (excludes halogenated alkanes) is 2. The monoisotopic (exact) mass is 458 g/mol. The van der Waals surface area contributed by atoms with E-state index in [0.29, 0.717) is 48.4 Å². The molecule has 34 heavy (non-hydrogen) atoms. The van der Waals surface area contributed by atoms with Gasteiger partial charge in [0, 0.05) is 16.9 Å². The first kappa shape index (κ1) is 25.5. The maximum Gasteiger partial charge on any atom is 0.303 e. The Hall–Kier alpha value is -4.71. The van der Waals surface area contributed by atoms with Gasteiger partial charge in [0.05, 0.1) is 31.5 Å². The molecule has 1 aromatic carbocycles. The molecule has 0 saturated heterocycles. The predicted octanol–water partition coefficient (Wildman–Crippen LogP) is 6.30. The molecule has 1 aromatic rings. The molecule has 1 heterocycles. The summed E-state index contributed by atoms with van der Waals surface area (Å²) in [4.78, 5) is 20.0. The van der Waals surface area contributed by atoms with Crippen molar-refractivity contribution in [3.63, 3.8) is 0 Å². The van der Waals surface area contributed by atoms with Crippen LogP contribution in [0, 0.1) is 24.5 Å². The van der Waals surface area contributed by atoms with E-state index in [1.54, 1.807) is 50.3 Å². The van der Waals surface area contributed by atoms with Crippen LogP contribution in [0.3, 0.4) is 0 Å². The number of hydrogen-bond donors (Lipinski definition) is 1. The number of aliphatic carboxylic acids is 1. The Kier molecular flexibility index (Phi) is 8.85. The standard InChI is InChI=1S/C24H22N6O4/c1-24(2)17(22(28-4)23(34-24)19(15-25)27-3)11-9-16-10-12-18(29-30-26)20(14-16)33-13-7-5-6-8-21(31)32/h9-12,14H,5-8,13H2,1-2H3,(H,31,32)/b11-9+,23-19+. The maximum atomic E-state index is 10.6. The molecule has 2 rings (SSSR count). The van der Waals surface area contributed by atoms with E-state index in [1.165, 1.54) is 0 Å². The number of nitrogens with zero attached hydrogens (tertiary/aromatic N) is 6. The van der Waals surface area contributed by atoms with E-state index in [1.807, 2.05) is 0 Å². The summed E-state index contributed by atoms with van der Waals surface area (Å²) in [5, 5.41) is 21.5. The fourth-order valence-corrected chi connectivity index (χ4v) is 3.24. The zero-order chi connectivity index (χ0) is 25.1. The lowest BCUT2D eigenvalue weighted by molar-refractivity contribution is -0.137. The number of carboxylic acids is 1. The van der Waals surface area contributed by atoms with E-state index in [9.17, 15) is 10.1 Å². The molecule has 0 fully saturated rings. The Morgan fingerprint density at radius 2 is 2.09 bits per heavy atom. The zero-order valence-corrected chi connectivity index (χ0v) is 18.8. The van der Waals surface area contributed by atoms with Gasteiger partial charge in [0.1, 0.15) is 17.1 Å². The van der Waals surface area contributed by atoms with E-state index >= 15 is 0 Å². The van der Waals surface area contributed by atoms with Crippen molar-refractivity contribution in [3.05, 3.63) is 85.8 Å². The highest BCUT2D eigenvalue weighted by atomic mass is 16.5. The first-order valence-corrected chi connectivity index (χ1v) is 10.3. The highest BCUT2D eigenvalue weighted by Crippen LogP contribution is 2.41. The van der Waals surface area contributed by atoms with Gasteiger partial charge in [0.15, 0.2) is 0 Å². The number of nitriles is 1. The molecule has 172 valence electrons. The highest BCUT2D eigenvalue weighted by Gasteiger charge is 2.38. The number of carboxylic acid groups (broad SMARTS) is 1. The summed E-state index contributed by atoms with van der Waals surface area (Å²) in [6, 6.07) is 6.79. The first-order valence-electron chi connectivity index (χ1n) is 10.3. The van der Waals surface area contributed by atoms with Crippen molar-refractivity contribution in [1.82, 2.24) is 0 Å². The molecule has 0 saturated carbocycles. The van der Waals surface area contributed by atoms with Gasteiger partial charge in [-0.05, 0) is 56.3 Å². The largest absolute Gasteiger partial charge is 0.505 e. The molecule has 0 unspecified atom stereocenters. The quantitative estimate of drug-likeness (QED) is 0.109. The lowest BCUT2D eigenvalue weighted by atomic mass is 9.96. The van der Waals surface area contributed by atoms with Crippen LogP contribution in [-0.4, -0.2) is 23.3 Å². The summed E-state index contributed by atoms with van der Waals surface area (Å²) in [5.74, 6) is -0.485. The summed E-state index contributed by atoms with van der Waals surface area (Å²) in [6.07, 6.45) is 5.42. The van der Waals surface area contributed by atoms with Crippen molar-refractivity contribution >= 4 is 17.7 Å². The second-order valence-corrected chi connectivity index (χ2v) is 7.69. The number of benzene rings is 1. The van der Waals surface area contributed by atoms with Crippen molar-refractivity contribution in [2.45, 2.75) is 45.1 Å². The number of hydrogen-bond acceptors (Lipinski definition) is 5. The second kappa shape index (κ2) is 11.8. The second-order valence-electron chi connectivity index (χ2n) is 7.69. The van der Waals surface area contributed by atoms with E-state index in [4.69, 9.17) is 33.3 Å². The third kappa shape index (κ3) is 6.40. The molecule has 10 heteroatoms. The number of rotatable bonds is 10. The highest BCUT2D eigenvalue weighted by molar-refractivity contribution is 5.66. The molecular weight excluding hydrogens is 436 g/mol. The molecule has 10 nitrogen and oxygen atoms in total. The van der Waals surface area contributed by atoms with Crippen LogP contribution in [0.2, 0.25) is 0 Å². The summed E-state index contributed by atoms with van der Waals surface area (Å²) in [6.45, 7) is 18.5. The van der Waals surface area contributed by atoms with Crippen LogP contribution >= 0.6 is 0 Å². The lowest BCUT2D eigenvalue weighted by Crippen LogP contribution is -2.20. The predicted molar refractivity (Wildman–Crippen MR) is 124 cm³/mol. The van der Waals surface area contributed by atoms with Gasteiger partial charge in [-0.15, -0.1) is 0 Å². The van der Waals surface area contributed by atoms with Crippen LogP contribution < -0.4 is 4.74 Å². The minimum Gasteiger partial charge on any atom is -0.505 e.